The number of piperazine rings is 1. The van der Waals surface area contributed by atoms with Gasteiger partial charge in [-0.25, -0.2) is 4.79 Å². The quantitative estimate of drug-likeness (QED) is 0.557. The molecule has 3 aromatic rings. The Hall–Kier alpha value is -4.01. The number of hydrogen-bond acceptors (Lipinski definition) is 4. The molecule has 9 nitrogen and oxygen atoms in total. The highest BCUT2D eigenvalue weighted by molar-refractivity contribution is 5.98. The minimum Gasteiger partial charge on any atom is -0.497 e. The van der Waals surface area contributed by atoms with Gasteiger partial charge in [0.1, 0.15) is 17.5 Å². The van der Waals surface area contributed by atoms with Crippen molar-refractivity contribution >= 4 is 34.4 Å². The van der Waals surface area contributed by atoms with Gasteiger partial charge in [0.15, 0.2) is 0 Å². The molecule has 4 rings (SSSR count). The SMILES string of the molecule is COc1cccc(NC(=O)C(C)NC(=O)N2CCN(C(=O)c3cc4ccccc4[nH]3)CC2)c1. The Kier molecular flexibility index (Phi) is 6.48. The molecule has 0 spiro atoms. The maximum atomic E-state index is 12.8. The first-order chi connectivity index (χ1) is 15.9. The van der Waals surface area contributed by atoms with Crippen molar-refractivity contribution < 1.29 is 19.1 Å². The Labute approximate surface area is 191 Å². The number of para-hydroxylation sites is 1. The average Bonchev–Trinajstić information content (AvgIpc) is 3.28. The summed E-state index contributed by atoms with van der Waals surface area (Å²) in [5.41, 5.74) is 2.04. The maximum Gasteiger partial charge on any atom is 0.318 e. The van der Waals surface area contributed by atoms with Gasteiger partial charge >= 0.3 is 6.03 Å². The first-order valence-corrected chi connectivity index (χ1v) is 10.8. The fourth-order valence-electron chi connectivity index (χ4n) is 3.76. The number of methoxy groups -OCH3 is 1. The molecule has 172 valence electrons. The monoisotopic (exact) mass is 449 g/mol. The van der Waals surface area contributed by atoms with Crippen LogP contribution in [-0.4, -0.2) is 72.0 Å². The molecule has 1 aromatic heterocycles. The number of H-pyrrole nitrogens is 1. The topological polar surface area (TPSA) is 107 Å². The molecule has 3 N–H and O–H groups in total. The molecule has 1 fully saturated rings. The first kappa shape index (κ1) is 22.2. The predicted octanol–water partition coefficient (Wildman–Crippen LogP) is 2.67. The van der Waals surface area contributed by atoms with Crippen molar-refractivity contribution in [2.24, 2.45) is 0 Å². The van der Waals surface area contributed by atoms with E-state index >= 15 is 0 Å². The number of aromatic amines is 1. The Balaban J connectivity index is 1.27. The van der Waals surface area contributed by atoms with Crippen LogP contribution in [0.4, 0.5) is 10.5 Å². The van der Waals surface area contributed by atoms with Crippen LogP contribution in [-0.2, 0) is 4.79 Å². The van der Waals surface area contributed by atoms with E-state index in [2.05, 4.69) is 15.6 Å². The van der Waals surface area contributed by atoms with Crippen LogP contribution in [0.15, 0.2) is 54.6 Å². The molecular formula is C24H27N5O4. The molecule has 0 aliphatic carbocycles. The number of benzene rings is 2. The van der Waals surface area contributed by atoms with Crippen molar-refractivity contribution in [3.8, 4) is 5.75 Å². The molecule has 2 aromatic carbocycles. The number of hydrogen-bond donors (Lipinski definition) is 3. The van der Waals surface area contributed by atoms with Gasteiger partial charge in [0.25, 0.3) is 5.91 Å². The number of nitrogens with one attached hydrogen (secondary N) is 3. The van der Waals surface area contributed by atoms with Crippen molar-refractivity contribution in [1.29, 1.82) is 0 Å². The maximum absolute atomic E-state index is 12.8. The first-order valence-electron chi connectivity index (χ1n) is 10.8. The molecule has 1 atom stereocenters. The lowest BCUT2D eigenvalue weighted by atomic mass is 10.2. The van der Waals surface area contributed by atoms with Gasteiger partial charge in [0.2, 0.25) is 5.91 Å². The van der Waals surface area contributed by atoms with Crippen LogP contribution in [0.2, 0.25) is 0 Å². The van der Waals surface area contributed by atoms with E-state index in [0.29, 0.717) is 43.3 Å². The number of urea groups is 1. The third kappa shape index (κ3) is 5.08. The molecule has 0 bridgehead atoms. The minimum absolute atomic E-state index is 0.0858. The smallest absolute Gasteiger partial charge is 0.318 e. The van der Waals surface area contributed by atoms with Gasteiger partial charge in [0, 0.05) is 48.8 Å². The largest absolute Gasteiger partial charge is 0.497 e. The molecule has 2 heterocycles. The number of aromatic nitrogens is 1. The lowest BCUT2D eigenvalue weighted by molar-refractivity contribution is -0.117. The summed E-state index contributed by atoms with van der Waals surface area (Å²) >= 11 is 0. The summed E-state index contributed by atoms with van der Waals surface area (Å²) in [7, 11) is 1.55. The van der Waals surface area contributed by atoms with E-state index < -0.39 is 6.04 Å². The number of nitrogens with zero attached hydrogens (tertiary/aromatic N) is 2. The highest BCUT2D eigenvalue weighted by Crippen LogP contribution is 2.18. The summed E-state index contributed by atoms with van der Waals surface area (Å²) in [6.45, 7) is 3.26. The Morgan fingerprint density at radius 1 is 0.970 bits per heavy atom. The summed E-state index contributed by atoms with van der Waals surface area (Å²) in [5.74, 6) is 0.214. The van der Waals surface area contributed by atoms with E-state index in [1.807, 2.05) is 30.3 Å². The van der Waals surface area contributed by atoms with Gasteiger partial charge in [-0.2, -0.15) is 0 Å². The number of rotatable bonds is 5. The van der Waals surface area contributed by atoms with Gasteiger partial charge in [-0.15, -0.1) is 0 Å². The van der Waals surface area contributed by atoms with Gasteiger partial charge < -0.3 is 30.2 Å². The van der Waals surface area contributed by atoms with Crippen molar-refractivity contribution in [2.75, 3.05) is 38.6 Å². The zero-order valence-electron chi connectivity index (χ0n) is 18.6. The van der Waals surface area contributed by atoms with Crippen LogP contribution >= 0.6 is 0 Å². The van der Waals surface area contributed by atoms with Crippen molar-refractivity contribution in [2.45, 2.75) is 13.0 Å². The summed E-state index contributed by atoms with van der Waals surface area (Å²) in [4.78, 5) is 44.4. The molecule has 0 saturated carbocycles. The third-order valence-corrected chi connectivity index (χ3v) is 5.69. The number of carbonyl (C=O) groups is 3. The minimum atomic E-state index is -0.727. The molecule has 33 heavy (non-hydrogen) atoms. The van der Waals surface area contributed by atoms with E-state index in [4.69, 9.17) is 4.74 Å². The van der Waals surface area contributed by atoms with Crippen molar-refractivity contribution in [3.63, 3.8) is 0 Å². The van der Waals surface area contributed by atoms with Crippen LogP contribution in [0.1, 0.15) is 17.4 Å². The standard InChI is InChI=1S/C24H27N5O4/c1-16(22(30)26-18-7-5-8-19(15-18)33-2)25-24(32)29-12-10-28(11-13-29)23(31)21-14-17-6-3-4-9-20(17)27-21/h3-9,14-16,27H,10-13H2,1-2H3,(H,25,32)(H,26,30). The summed E-state index contributed by atoms with van der Waals surface area (Å²) in [6.07, 6.45) is 0. The number of anilines is 1. The molecule has 0 radical (unpaired) electrons. The Morgan fingerprint density at radius 2 is 1.70 bits per heavy atom. The van der Waals surface area contributed by atoms with E-state index in [1.54, 1.807) is 48.1 Å². The van der Waals surface area contributed by atoms with Crippen LogP contribution < -0.4 is 15.4 Å². The second-order valence-electron chi connectivity index (χ2n) is 7.94. The van der Waals surface area contributed by atoms with Gasteiger partial charge in [-0.1, -0.05) is 24.3 Å². The summed E-state index contributed by atoms with van der Waals surface area (Å²) < 4.78 is 5.15. The Morgan fingerprint density at radius 3 is 2.42 bits per heavy atom. The van der Waals surface area contributed by atoms with Crippen molar-refractivity contribution in [3.05, 3.63) is 60.3 Å². The fourth-order valence-corrected chi connectivity index (χ4v) is 3.76. The molecule has 4 amide bonds. The van der Waals surface area contributed by atoms with Crippen LogP contribution in [0.3, 0.4) is 0 Å². The second kappa shape index (κ2) is 9.64. The van der Waals surface area contributed by atoms with E-state index in [1.165, 1.54) is 0 Å². The zero-order chi connectivity index (χ0) is 23.4. The van der Waals surface area contributed by atoms with Crippen LogP contribution in [0, 0.1) is 0 Å². The Bertz CT molecular complexity index is 1130. The molecular weight excluding hydrogens is 422 g/mol. The fraction of sp³-hybridized carbons (Fsp3) is 0.292. The van der Waals surface area contributed by atoms with E-state index in [0.717, 1.165) is 10.9 Å². The van der Waals surface area contributed by atoms with E-state index in [-0.39, 0.29) is 17.8 Å². The van der Waals surface area contributed by atoms with Gasteiger partial charge in [-0.3, -0.25) is 9.59 Å². The molecule has 1 aliphatic rings. The van der Waals surface area contributed by atoms with Crippen molar-refractivity contribution in [1.82, 2.24) is 20.1 Å². The summed E-state index contributed by atoms with van der Waals surface area (Å²) in [5, 5.41) is 6.48. The van der Waals surface area contributed by atoms with Crippen LogP contribution in [0.25, 0.3) is 10.9 Å². The van der Waals surface area contributed by atoms with E-state index in [9.17, 15) is 14.4 Å². The number of amides is 4. The molecule has 1 unspecified atom stereocenters. The second-order valence-corrected chi connectivity index (χ2v) is 7.94. The third-order valence-electron chi connectivity index (χ3n) is 5.69. The normalized spacial score (nSPS) is 14.6. The molecule has 9 heteroatoms. The predicted molar refractivity (Wildman–Crippen MR) is 125 cm³/mol. The zero-order valence-corrected chi connectivity index (χ0v) is 18.6. The number of carbonyl (C=O) groups excluding carboxylic acids is 3. The lowest BCUT2D eigenvalue weighted by Crippen LogP contribution is -2.55. The summed E-state index contributed by atoms with van der Waals surface area (Å²) in [6, 6.07) is 15.5. The number of ether oxygens (including phenoxy) is 1. The van der Waals surface area contributed by atoms with Gasteiger partial charge in [-0.05, 0) is 31.2 Å². The lowest BCUT2D eigenvalue weighted by Gasteiger charge is -2.35. The molecule has 1 saturated heterocycles. The molecule has 1 aliphatic heterocycles. The van der Waals surface area contributed by atoms with Gasteiger partial charge in [0.05, 0.1) is 7.11 Å². The highest BCUT2D eigenvalue weighted by atomic mass is 16.5. The average molecular weight is 450 g/mol. The highest BCUT2D eigenvalue weighted by Gasteiger charge is 2.27. The number of fused-ring (bicyclic) bond motifs is 1. The van der Waals surface area contributed by atoms with Crippen LogP contribution in [0.5, 0.6) is 5.75 Å².